The van der Waals surface area contributed by atoms with Gasteiger partial charge < -0.3 is 14.5 Å². The molecule has 0 saturated heterocycles. The smallest absolute Gasteiger partial charge is 0.212 e. The molecule has 140 valence electrons. The van der Waals surface area contributed by atoms with Crippen LogP contribution in [0.2, 0.25) is 5.02 Å². The third-order valence-corrected chi connectivity index (χ3v) is 4.95. The third-order valence-electron chi connectivity index (χ3n) is 4.60. The molecule has 1 unspecified atom stereocenters. The molecule has 4 aromatic rings. The highest BCUT2D eigenvalue weighted by Gasteiger charge is 2.27. The van der Waals surface area contributed by atoms with E-state index in [2.05, 4.69) is 25.5 Å². The quantitative estimate of drug-likeness (QED) is 0.406. The van der Waals surface area contributed by atoms with Crippen molar-refractivity contribution in [3.05, 3.63) is 53.3 Å². The van der Waals surface area contributed by atoms with Gasteiger partial charge in [-0.15, -0.1) is 0 Å². The Morgan fingerprint density at radius 3 is 3.07 bits per heavy atom. The lowest BCUT2D eigenvalue weighted by Gasteiger charge is -2.15. The summed E-state index contributed by atoms with van der Waals surface area (Å²) in [5.74, 6) is -0.207. The van der Waals surface area contributed by atoms with Crippen LogP contribution in [0.25, 0.3) is 27.8 Å². The molecule has 8 nitrogen and oxygen atoms in total. The van der Waals surface area contributed by atoms with E-state index in [1.807, 2.05) is 6.08 Å². The van der Waals surface area contributed by atoms with Gasteiger partial charge in [0.1, 0.15) is 6.10 Å². The van der Waals surface area contributed by atoms with Crippen LogP contribution >= 0.6 is 11.6 Å². The van der Waals surface area contributed by atoms with Crippen LogP contribution in [0.15, 0.2) is 36.9 Å². The minimum Gasteiger partial charge on any atom is -0.365 e. The molecule has 0 aliphatic carbocycles. The molecule has 10 heteroatoms. The van der Waals surface area contributed by atoms with E-state index in [4.69, 9.17) is 16.3 Å². The number of rotatable bonds is 4. The lowest BCUT2D eigenvalue weighted by atomic mass is 9.99. The van der Waals surface area contributed by atoms with Gasteiger partial charge in [-0.05, 0) is 0 Å². The molecule has 5 rings (SSSR count). The van der Waals surface area contributed by atoms with Gasteiger partial charge in [0.25, 0.3) is 0 Å². The third kappa shape index (κ3) is 2.48. The van der Waals surface area contributed by atoms with Crippen molar-refractivity contribution in [1.29, 1.82) is 0 Å². The van der Waals surface area contributed by atoms with Gasteiger partial charge in [0, 0.05) is 22.7 Å². The van der Waals surface area contributed by atoms with Crippen LogP contribution in [-0.2, 0) is 9.53 Å². The fourth-order valence-electron chi connectivity index (χ4n) is 3.39. The van der Waals surface area contributed by atoms with Crippen molar-refractivity contribution in [2.45, 2.75) is 6.10 Å². The number of H-pyrrole nitrogens is 1. The largest absolute Gasteiger partial charge is 0.365 e. The number of nitrogens with one attached hydrogen (secondary N) is 2. The molecule has 4 heterocycles. The van der Waals surface area contributed by atoms with Crippen molar-refractivity contribution in [1.82, 2.24) is 24.6 Å². The maximum Gasteiger partial charge on any atom is 0.212 e. The molecule has 1 aliphatic heterocycles. The predicted octanol–water partition coefficient (Wildman–Crippen LogP) is 3.26. The molecule has 0 fully saturated rings. The summed E-state index contributed by atoms with van der Waals surface area (Å²) in [6.07, 6.45) is 10.00. The van der Waals surface area contributed by atoms with Crippen LogP contribution in [0.3, 0.4) is 0 Å². The molecule has 1 aliphatic rings. The summed E-state index contributed by atoms with van der Waals surface area (Å²) in [6, 6.07) is 0. The summed E-state index contributed by atoms with van der Waals surface area (Å²) in [7, 11) is 0. The van der Waals surface area contributed by atoms with Crippen molar-refractivity contribution in [2.24, 2.45) is 0 Å². The molecule has 0 saturated carbocycles. The molecule has 1 amide bonds. The molecule has 3 aromatic heterocycles. The molecule has 0 spiro atoms. The summed E-state index contributed by atoms with van der Waals surface area (Å²) in [4.78, 5) is 19.2. The second-order valence-electron chi connectivity index (χ2n) is 6.18. The van der Waals surface area contributed by atoms with E-state index in [1.54, 1.807) is 29.1 Å². The first kappa shape index (κ1) is 16.8. The fraction of sp³-hybridized carbons (Fsp3) is 0.111. The van der Waals surface area contributed by atoms with Crippen LogP contribution in [0.1, 0.15) is 11.7 Å². The average Bonchev–Trinajstić information content (AvgIpc) is 3.43. The van der Waals surface area contributed by atoms with E-state index >= 15 is 4.39 Å². The van der Waals surface area contributed by atoms with E-state index in [9.17, 15) is 4.79 Å². The van der Waals surface area contributed by atoms with Crippen molar-refractivity contribution < 1.29 is 13.9 Å². The van der Waals surface area contributed by atoms with Crippen LogP contribution in [0.5, 0.6) is 0 Å². The second kappa shape index (κ2) is 6.39. The molecule has 0 radical (unpaired) electrons. The van der Waals surface area contributed by atoms with Crippen molar-refractivity contribution >= 4 is 40.4 Å². The number of aromatic nitrogens is 5. The lowest BCUT2D eigenvalue weighted by Crippen LogP contribution is -2.03. The minimum atomic E-state index is -0.583. The number of amides is 1. The molecular weight excluding hydrogens is 387 g/mol. The number of halogens is 2. The van der Waals surface area contributed by atoms with Gasteiger partial charge in [-0.25, -0.2) is 9.37 Å². The summed E-state index contributed by atoms with van der Waals surface area (Å²) < 4.78 is 22.5. The zero-order chi connectivity index (χ0) is 19.3. The number of carbonyl (C=O) groups excluding carboxylic acids is 1. The van der Waals surface area contributed by atoms with Gasteiger partial charge in [-0.3, -0.25) is 14.9 Å². The first-order valence-electron chi connectivity index (χ1n) is 8.35. The topological polar surface area (TPSA) is 97.2 Å². The van der Waals surface area contributed by atoms with E-state index in [1.165, 1.54) is 6.20 Å². The second-order valence-corrected chi connectivity index (χ2v) is 6.56. The predicted molar refractivity (Wildman–Crippen MR) is 101 cm³/mol. The Morgan fingerprint density at radius 2 is 2.29 bits per heavy atom. The maximum atomic E-state index is 15.2. The molecule has 1 atom stereocenters. The fourth-order valence-corrected chi connectivity index (χ4v) is 3.69. The molecule has 2 N–H and O–H groups in total. The first-order valence-corrected chi connectivity index (χ1v) is 8.72. The Morgan fingerprint density at radius 1 is 1.39 bits per heavy atom. The van der Waals surface area contributed by atoms with E-state index in [0.29, 0.717) is 52.2 Å². The van der Waals surface area contributed by atoms with Gasteiger partial charge >= 0.3 is 0 Å². The number of nitrogens with zero attached hydrogens (tertiary/aromatic N) is 4. The average molecular weight is 399 g/mol. The highest BCUT2D eigenvalue weighted by Crippen LogP contribution is 2.42. The molecular formula is C18H12ClFN6O2. The Balaban J connectivity index is 1.73. The van der Waals surface area contributed by atoms with E-state index in [0.717, 1.165) is 0 Å². The van der Waals surface area contributed by atoms with Gasteiger partial charge in [0.2, 0.25) is 6.41 Å². The number of benzene rings is 1. The van der Waals surface area contributed by atoms with Crippen molar-refractivity contribution in [2.75, 3.05) is 11.9 Å². The van der Waals surface area contributed by atoms with Gasteiger partial charge in [0.15, 0.2) is 17.3 Å². The number of imidazole rings is 1. The number of aromatic amines is 1. The molecule has 28 heavy (non-hydrogen) atoms. The van der Waals surface area contributed by atoms with Crippen LogP contribution in [0.4, 0.5) is 10.2 Å². The van der Waals surface area contributed by atoms with Crippen LogP contribution in [0, 0.1) is 5.82 Å². The van der Waals surface area contributed by atoms with Crippen LogP contribution < -0.4 is 5.32 Å². The normalized spacial score (nSPS) is 16.3. The van der Waals surface area contributed by atoms with Crippen LogP contribution in [-0.4, -0.2) is 37.6 Å². The van der Waals surface area contributed by atoms with E-state index < -0.39 is 11.9 Å². The first-order chi connectivity index (χ1) is 13.7. The Kier molecular flexibility index (Phi) is 3.85. The van der Waals surface area contributed by atoms with E-state index in [-0.39, 0.29) is 5.02 Å². The molecule has 0 bridgehead atoms. The SMILES string of the molecule is O=CNc1cn2cc(-c3c(Cl)c(F)c(C4C=CCO4)c4[nH]ncc34)ncc2n1. The highest BCUT2D eigenvalue weighted by molar-refractivity contribution is 6.35. The zero-order valence-electron chi connectivity index (χ0n) is 14.2. The van der Waals surface area contributed by atoms with Gasteiger partial charge in [-0.1, -0.05) is 23.8 Å². The van der Waals surface area contributed by atoms with Gasteiger partial charge in [-0.2, -0.15) is 5.10 Å². The Hall–Kier alpha value is -3.30. The van der Waals surface area contributed by atoms with Crippen molar-refractivity contribution in [3.63, 3.8) is 0 Å². The number of hydrogen-bond acceptors (Lipinski definition) is 5. The Bertz CT molecular complexity index is 1260. The number of carbonyl (C=O) groups is 1. The number of anilines is 1. The standard InChI is InChI=1S/C18H12ClFN6O2/c19-16-14(10-6-26-7-12(22-8-27)24-13(26)5-21-10)9-4-23-25-18(9)15(17(16)20)11-2-1-3-28-11/h1-2,4-8,11H,3H2,(H,22,27)(H,23,25). The maximum absolute atomic E-state index is 15.2. The highest BCUT2D eigenvalue weighted by atomic mass is 35.5. The number of ether oxygens (including phenoxy) is 1. The Labute approximate surface area is 162 Å². The number of fused-ring (bicyclic) bond motifs is 2. The minimum absolute atomic E-state index is 0.0639. The monoisotopic (exact) mass is 398 g/mol. The summed E-state index contributed by atoms with van der Waals surface area (Å²) >= 11 is 6.43. The molecule has 1 aromatic carbocycles. The van der Waals surface area contributed by atoms with Crippen molar-refractivity contribution in [3.8, 4) is 11.3 Å². The summed E-state index contributed by atoms with van der Waals surface area (Å²) in [6.45, 7) is 0.412. The zero-order valence-corrected chi connectivity index (χ0v) is 14.9. The van der Waals surface area contributed by atoms with Gasteiger partial charge in [0.05, 0.1) is 41.4 Å². The lowest BCUT2D eigenvalue weighted by molar-refractivity contribution is -0.105. The summed E-state index contributed by atoms with van der Waals surface area (Å²) in [5, 5.41) is 9.95. The summed E-state index contributed by atoms with van der Waals surface area (Å²) in [5.41, 5.74) is 2.19. The number of hydrogen-bond donors (Lipinski definition) is 2.